The first kappa shape index (κ1) is 16.2. The molecular weight excluding hydrogens is 259 g/mol. The largest absolute Gasteiger partial charge is 0.335 e. The molecule has 0 aliphatic heterocycles. The minimum atomic E-state index is -3.01. The zero-order valence-electron chi connectivity index (χ0n) is 12.0. The average Bonchev–Trinajstić information content (AvgIpc) is 2.39. The zero-order chi connectivity index (χ0) is 14.3. The molecule has 1 atom stereocenters. The van der Waals surface area contributed by atoms with E-state index >= 15 is 0 Å². The Hall–Kier alpha value is -0.890. The Morgan fingerprint density at radius 3 is 2.16 bits per heavy atom. The fourth-order valence-corrected chi connectivity index (χ4v) is 3.51. The van der Waals surface area contributed by atoms with Crippen LogP contribution in [0.5, 0.6) is 0 Å². The molecule has 1 aromatic rings. The topological polar surface area (TPSA) is 35.5 Å². The molecule has 0 heterocycles. The predicted molar refractivity (Wildman–Crippen MR) is 79.6 cm³/mol. The van der Waals surface area contributed by atoms with Gasteiger partial charge in [-0.15, -0.1) is 6.58 Å². The normalized spacial score (nSPS) is 13.2. The third-order valence-corrected chi connectivity index (χ3v) is 4.94. The molecule has 0 aliphatic rings. The van der Waals surface area contributed by atoms with Crippen molar-refractivity contribution in [2.24, 2.45) is 0 Å². The van der Waals surface area contributed by atoms with Gasteiger partial charge in [0.1, 0.15) is 0 Å². The first-order valence-electron chi connectivity index (χ1n) is 6.64. The molecule has 0 amide bonds. The van der Waals surface area contributed by atoms with E-state index in [0.29, 0.717) is 25.3 Å². The van der Waals surface area contributed by atoms with E-state index in [4.69, 9.17) is 9.05 Å². The van der Waals surface area contributed by atoms with E-state index in [1.165, 1.54) is 5.56 Å². The smallest absolute Gasteiger partial charge is 0.309 e. The summed E-state index contributed by atoms with van der Waals surface area (Å²) in [5.41, 5.74) is 2.16. The van der Waals surface area contributed by atoms with Crippen molar-refractivity contribution in [1.82, 2.24) is 0 Å². The minimum Gasteiger partial charge on any atom is -0.309 e. The van der Waals surface area contributed by atoms with Crippen LogP contribution in [0.3, 0.4) is 0 Å². The van der Waals surface area contributed by atoms with Gasteiger partial charge in [-0.2, -0.15) is 0 Å². The summed E-state index contributed by atoms with van der Waals surface area (Å²) in [5, 5.41) is 0. The lowest BCUT2D eigenvalue weighted by Gasteiger charge is -2.17. The molecular formula is C15H23O3P. The molecule has 0 bridgehead atoms. The standard InChI is InChI=1S/C15H23O3P/c1-5-13(4)15-10-8-14(9-11-15)12-19(16,17-6-2)18-7-3/h5,8-11,13H,1,6-7,12H2,2-4H3. The molecule has 19 heavy (non-hydrogen) atoms. The molecule has 0 saturated carbocycles. The Morgan fingerprint density at radius 2 is 1.74 bits per heavy atom. The monoisotopic (exact) mass is 282 g/mol. The van der Waals surface area contributed by atoms with Crippen LogP contribution in [0.1, 0.15) is 37.8 Å². The van der Waals surface area contributed by atoms with Crippen molar-refractivity contribution >= 4 is 7.60 Å². The Balaban J connectivity index is 2.80. The summed E-state index contributed by atoms with van der Waals surface area (Å²) in [6.45, 7) is 10.3. The van der Waals surface area contributed by atoms with Gasteiger partial charge >= 0.3 is 7.60 Å². The summed E-state index contributed by atoms with van der Waals surface area (Å²) in [4.78, 5) is 0. The van der Waals surface area contributed by atoms with E-state index in [1.54, 1.807) is 0 Å². The summed E-state index contributed by atoms with van der Waals surface area (Å²) in [5.74, 6) is 0.319. The zero-order valence-corrected chi connectivity index (χ0v) is 12.9. The number of rotatable bonds is 8. The Kier molecular flexibility index (Phi) is 6.50. The summed E-state index contributed by atoms with van der Waals surface area (Å²) < 4.78 is 23.0. The van der Waals surface area contributed by atoms with E-state index < -0.39 is 7.60 Å². The number of hydrogen-bond acceptors (Lipinski definition) is 3. The number of allylic oxidation sites excluding steroid dienone is 1. The molecule has 0 radical (unpaired) electrons. The van der Waals surface area contributed by atoms with Gasteiger partial charge in [0.05, 0.1) is 19.4 Å². The second-order valence-electron chi connectivity index (χ2n) is 4.37. The van der Waals surface area contributed by atoms with Crippen molar-refractivity contribution < 1.29 is 13.6 Å². The Morgan fingerprint density at radius 1 is 1.21 bits per heavy atom. The highest BCUT2D eigenvalue weighted by atomic mass is 31.2. The van der Waals surface area contributed by atoms with Crippen LogP contribution in [0, 0.1) is 0 Å². The highest BCUT2D eigenvalue weighted by molar-refractivity contribution is 7.53. The number of hydrogen-bond donors (Lipinski definition) is 0. The lowest BCUT2D eigenvalue weighted by atomic mass is 10.0. The molecule has 0 aromatic heterocycles. The van der Waals surface area contributed by atoms with Gasteiger partial charge in [0.25, 0.3) is 0 Å². The van der Waals surface area contributed by atoms with Gasteiger partial charge < -0.3 is 9.05 Å². The van der Waals surface area contributed by atoms with Crippen molar-refractivity contribution in [2.75, 3.05) is 13.2 Å². The van der Waals surface area contributed by atoms with Crippen LogP contribution < -0.4 is 0 Å². The highest BCUT2D eigenvalue weighted by Crippen LogP contribution is 2.51. The quantitative estimate of drug-likeness (QED) is 0.510. The van der Waals surface area contributed by atoms with Crippen LogP contribution in [-0.4, -0.2) is 13.2 Å². The molecule has 1 aromatic carbocycles. The van der Waals surface area contributed by atoms with Crippen molar-refractivity contribution in [2.45, 2.75) is 32.9 Å². The molecule has 106 valence electrons. The van der Waals surface area contributed by atoms with Crippen molar-refractivity contribution in [1.29, 1.82) is 0 Å². The SMILES string of the molecule is C=CC(C)c1ccc(CP(=O)(OCC)OCC)cc1. The number of benzene rings is 1. The van der Waals surface area contributed by atoms with Gasteiger partial charge in [-0.05, 0) is 30.9 Å². The maximum Gasteiger partial charge on any atom is 0.335 e. The van der Waals surface area contributed by atoms with Gasteiger partial charge in [-0.3, -0.25) is 4.57 Å². The summed E-state index contributed by atoms with van der Waals surface area (Å²) in [7, 11) is -3.01. The predicted octanol–water partition coefficient (Wildman–Crippen LogP) is 4.74. The molecule has 1 rings (SSSR count). The molecule has 3 nitrogen and oxygen atoms in total. The van der Waals surface area contributed by atoms with Crippen molar-refractivity contribution in [3.8, 4) is 0 Å². The highest BCUT2D eigenvalue weighted by Gasteiger charge is 2.23. The lowest BCUT2D eigenvalue weighted by Crippen LogP contribution is -1.99. The second-order valence-corrected chi connectivity index (χ2v) is 6.42. The summed E-state index contributed by atoms with van der Waals surface area (Å²) in [6, 6.07) is 8.01. The molecule has 0 saturated heterocycles. The molecule has 0 N–H and O–H groups in total. The van der Waals surface area contributed by atoms with Crippen LogP contribution in [0.15, 0.2) is 36.9 Å². The van der Waals surface area contributed by atoms with E-state index in [-0.39, 0.29) is 0 Å². The van der Waals surface area contributed by atoms with Gasteiger partial charge in [0, 0.05) is 0 Å². The Labute approximate surface area is 116 Å². The average molecular weight is 282 g/mol. The van der Waals surface area contributed by atoms with E-state index in [2.05, 4.69) is 13.5 Å². The molecule has 4 heteroatoms. The third-order valence-electron chi connectivity index (χ3n) is 2.89. The molecule has 0 aliphatic carbocycles. The summed E-state index contributed by atoms with van der Waals surface area (Å²) in [6.07, 6.45) is 2.22. The van der Waals surface area contributed by atoms with Crippen LogP contribution in [0.4, 0.5) is 0 Å². The maximum absolute atomic E-state index is 12.4. The molecule has 1 unspecified atom stereocenters. The van der Waals surface area contributed by atoms with Crippen molar-refractivity contribution in [3.63, 3.8) is 0 Å². The van der Waals surface area contributed by atoms with Crippen molar-refractivity contribution in [3.05, 3.63) is 48.0 Å². The third kappa shape index (κ3) is 4.94. The van der Waals surface area contributed by atoms with E-state index in [0.717, 1.165) is 5.56 Å². The van der Waals surface area contributed by atoms with Gasteiger partial charge in [-0.1, -0.05) is 37.3 Å². The first-order chi connectivity index (χ1) is 9.04. The van der Waals surface area contributed by atoms with Gasteiger partial charge in [0.15, 0.2) is 0 Å². The van der Waals surface area contributed by atoms with Crippen LogP contribution in [0.25, 0.3) is 0 Å². The van der Waals surface area contributed by atoms with Crippen LogP contribution >= 0.6 is 7.60 Å². The second kappa shape index (κ2) is 7.64. The van der Waals surface area contributed by atoms with Crippen LogP contribution in [0.2, 0.25) is 0 Å². The van der Waals surface area contributed by atoms with Gasteiger partial charge in [0.2, 0.25) is 0 Å². The summed E-state index contributed by atoms with van der Waals surface area (Å²) >= 11 is 0. The lowest BCUT2D eigenvalue weighted by molar-refractivity contribution is 0.219. The molecule has 0 spiro atoms. The van der Waals surface area contributed by atoms with E-state index in [1.807, 2.05) is 44.2 Å². The van der Waals surface area contributed by atoms with Gasteiger partial charge in [-0.25, -0.2) is 0 Å². The maximum atomic E-state index is 12.4. The first-order valence-corrected chi connectivity index (χ1v) is 8.37. The van der Waals surface area contributed by atoms with Crippen LogP contribution in [-0.2, 0) is 19.8 Å². The fourth-order valence-electron chi connectivity index (χ4n) is 1.81. The van der Waals surface area contributed by atoms with E-state index in [9.17, 15) is 4.57 Å². The molecule has 0 fully saturated rings. The Bertz CT molecular complexity index is 429. The fraction of sp³-hybridized carbons (Fsp3) is 0.467. The minimum absolute atomic E-state index is 0.317.